The Bertz CT molecular complexity index is 1010. The summed E-state index contributed by atoms with van der Waals surface area (Å²) in [5, 5.41) is 13.7. The zero-order valence-corrected chi connectivity index (χ0v) is 17.4. The van der Waals surface area contributed by atoms with Gasteiger partial charge in [0.15, 0.2) is 0 Å². The van der Waals surface area contributed by atoms with E-state index < -0.39 is 6.10 Å². The fraction of sp³-hybridized carbons (Fsp3) is 0.375. The molecule has 1 heterocycles. The molecule has 0 bridgehead atoms. The Kier molecular flexibility index (Phi) is 6.72. The first-order chi connectivity index (χ1) is 13.9. The van der Waals surface area contributed by atoms with Crippen molar-refractivity contribution in [1.82, 2.24) is 5.32 Å². The molecule has 1 aromatic heterocycles. The van der Waals surface area contributed by atoms with Gasteiger partial charge in [-0.25, -0.2) is 0 Å². The zero-order valence-electron chi connectivity index (χ0n) is 17.4. The van der Waals surface area contributed by atoms with Crippen molar-refractivity contribution < 1.29 is 14.3 Å². The van der Waals surface area contributed by atoms with E-state index in [1.54, 1.807) is 18.2 Å². The first kappa shape index (κ1) is 21.1. The second-order valence-electron chi connectivity index (χ2n) is 7.88. The molecule has 3 aromatic rings. The second-order valence-corrected chi connectivity index (χ2v) is 7.88. The van der Waals surface area contributed by atoms with Crippen LogP contribution in [0, 0.1) is 0 Å². The molecular formula is C24H29NO4. The minimum Gasteiger partial charge on any atom is -0.491 e. The van der Waals surface area contributed by atoms with Crippen molar-refractivity contribution in [1.29, 1.82) is 0 Å². The van der Waals surface area contributed by atoms with Gasteiger partial charge >= 0.3 is 0 Å². The third kappa shape index (κ3) is 5.05. The number of hydrogen-bond donors (Lipinski definition) is 2. The third-order valence-electron chi connectivity index (χ3n) is 4.68. The first-order valence-electron chi connectivity index (χ1n) is 10.1. The molecule has 0 saturated heterocycles. The average Bonchev–Trinajstić information content (AvgIpc) is 2.70. The van der Waals surface area contributed by atoms with Crippen LogP contribution in [0.25, 0.3) is 22.1 Å². The molecule has 3 rings (SSSR count). The lowest BCUT2D eigenvalue weighted by molar-refractivity contribution is 0.104. The maximum Gasteiger partial charge on any atom is 0.200 e. The molecule has 2 N–H and O–H groups in total. The summed E-state index contributed by atoms with van der Waals surface area (Å²) in [5.41, 5.74) is 1.91. The maximum atomic E-state index is 13.2. The topological polar surface area (TPSA) is 71.7 Å². The summed E-state index contributed by atoms with van der Waals surface area (Å²) in [6.45, 7) is 8.68. The highest BCUT2D eigenvalue weighted by Crippen LogP contribution is 2.31. The van der Waals surface area contributed by atoms with Crippen molar-refractivity contribution >= 4 is 11.0 Å². The van der Waals surface area contributed by atoms with E-state index in [-0.39, 0.29) is 18.0 Å². The van der Waals surface area contributed by atoms with Gasteiger partial charge in [-0.3, -0.25) is 4.79 Å². The molecule has 0 amide bonds. The largest absolute Gasteiger partial charge is 0.491 e. The summed E-state index contributed by atoms with van der Waals surface area (Å²) in [5.74, 6) is 1.27. The molecule has 0 aliphatic rings. The van der Waals surface area contributed by atoms with Crippen LogP contribution >= 0.6 is 0 Å². The Morgan fingerprint density at radius 3 is 2.45 bits per heavy atom. The fourth-order valence-electron chi connectivity index (χ4n) is 3.19. The molecule has 0 fully saturated rings. The van der Waals surface area contributed by atoms with E-state index in [1.807, 2.05) is 58.0 Å². The molecule has 0 radical (unpaired) electrons. The van der Waals surface area contributed by atoms with Gasteiger partial charge in [0.05, 0.1) is 10.9 Å². The minimum atomic E-state index is -0.619. The standard InChI is InChI=1S/C24H29NO4/c1-15(2)24-22(17-8-6-5-7-9-17)23(27)20-11-10-19(12-21(20)29-24)28-14-18(26)13-25-16(3)4/h5-12,15-16,18,25-26H,13-14H2,1-4H3. The molecule has 29 heavy (non-hydrogen) atoms. The van der Waals surface area contributed by atoms with Crippen LogP contribution in [0.15, 0.2) is 57.7 Å². The second kappa shape index (κ2) is 9.25. The van der Waals surface area contributed by atoms with Crippen molar-refractivity contribution in [3.63, 3.8) is 0 Å². The van der Waals surface area contributed by atoms with E-state index >= 15 is 0 Å². The monoisotopic (exact) mass is 395 g/mol. The van der Waals surface area contributed by atoms with E-state index in [4.69, 9.17) is 9.15 Å². The Hall–Kier alpha value is -2.63. The molecular weight excluding hydrogens is 366 g/mol. The highest BCUT2D eigenvalue weighted by molar-refractivity contribution is 5.84. The lowest BCUT2D eigenvalue weighted by atomic mass is 9.97. The number of nitrogens with one attached hydrogen (secondary N) is 1. The van der Waals surface area contributed by atoms with Gasteiger partial charge < -0.3 is 19.6 Å². The van der Waals surface area contributed by atoms with Crippen molar-refractivity contribution in [2.45, 2.75) is 45.8 Å². The van der Waals surface area contributed by atoms with Crippen molar-refractivity contribution in [2.75, 3.05) is 13.2 Å². The number of benzene rings is 2. The van der Waals surface area contributed by atoms with E-state index in [2.05, 4.69) is 5.32 Å². The number of hydrogen-bond acceptors (Lipinski definition) is 5. The van der Waals surface area contributed by atoms with E-state index in [9.17, 15) is 9.90 Å². The van der Waals surface area contributed by atoms with Gasteiger partial charge in [-0.15, -0.1) is 0 Å². The summed E-state index contributed by atoms with van der Waals surface area (Å²) >= 11 is 0. The molecule has 1 atom stereocenters. The lowest BCUT2D eigenvalue weighted by Crippen LogP contribution is -2.35. The van der Waals surface area contributed by atoms with E-state index in [0.29, 0.717) is 40.6 Å². The molecule has 1 unspecified atom stereocenters. The summed E-state index contributed by atoms with van der Waals surface area (Å²) < 4.78 is 11.9. The molecule has 0 spiro atoms. The van der Waals surface area contributed by atoms with Gasteiger partial charge in [-0.1, -0.05) is 58.0 Å². The fourth-order valence-corrected chi connectivity index (χ4v) is 3.19. The van der Waals surface area contributed by atoms with Gasteiger partial charge in [0.1, 0.15) is 29.8 Å². The number of rotatable bonds is 8. The van der Waals surface area contributed by atoms with Gasteiger partial charge in [-0.05, 0) is 17.7 Å². The molecule has 5 nitrogen and oxygen atoms in total. The van der Waals surface area contributed by atoms with Gasteiger partial charge in [-0.2, -0.15) is 0 Å². The summed E-state index contributed by atoms with van der Waals surface area (Å²) in [6.07, 6.45) is -0.619. The first-order valence-corrected chi connectivity index (χ1v) is 10.1. The normalized spacial score (nSPS) is 12.7. The predicted octanol–water partition coefficient (Wildman–Crippen LogP) is 4.32. The number of aliphatic hydroxyl groups is 1. The van der Waals surface area contributed by atoms with E-state index in [1.165, 1.54) is 0 Å². The van der Waals surface area contributed by atoms with Crippen LogP contribution in [0.3, 0.4) is 0 Å². The molecule has 0 aliphatic heterocycles. The zero-order chi connectivity index (χ0) is 21.0. The van der Waals surface area contributed by atoms with Gasteiger partial charge in [0, 0.05) is 24.6 Å². The smallest absolute Gasteiger partial charge is 0.200 e. The van der Waals surface area contributed by atoms with Crippen LogP contribution in [0.5, 0.6) is 5.75 Å². The minimum absolute atomic E-state index is 0.0473. The summed E-state index contributed by atoms with van der Waals surface area (Å²) in [4.78, 5) is 13.2. The summed E-state index contributed by atoms with van der Waals surface area (Å²) in [6, 6.07) is 15.1. The number of aliphatic hydroxyl groups excluding tert-OH is 1. The van der Waals surface area contributed by atoms with Gasteiger partial charge in [0.2, 0.25) is 5.43 Å². The Balaban J connectivity index is 1.93. The van der Waals surface area contributed by atoms with Crippen LogP contribution in [0.1, 0.15) is 39.4 Å². The van der Waals surface area contributed by atoms with Crippen molar-refractivity contribution in [2.24, 2.45) is 0 Å². The lowest BCUT2D eigenvalue weighted by Gasteiger charge is -2.16. The summed E-state index contributed by atoms with van der Waals surface area (Å²) in [7, 11) is 0. The average molecular weight is 395 g/mol. The van der Waals surface area contributed by atoms with Crippen molar-refractivity contribution in [3.05, 3.63) is 64.5 Å². The number of fused-ring (bicyclic) bond motifs is 1. The van der Waals surface area contributed by atoms with Gasteiger partial charge in [0.25, 0.3) is 0 Å². The highest BCUT2D eigenvalue weighted by atomic mass is 16.5. The number of ether oxygens (including phenoxy) is 1. The maximum absolute atomic E-state index is 13.2. The Morgan fingerprint density at radius 2 is 1.79 bits per heavy atom. The van der Waals surface area contributed by atoms with Crippen LogP contribution in [0.4, 0.5) is 0 Å². The van der Waals surface area contributed by atoms with E-state index in [0.717, 1.165) is 5.56 Å². The molecule has 5 heteroatoms. The SMILES string of the molecule is CC(C)NCC(O)COc1ccc2c(=O)c(-c3ccccc3)c(C(C)C)oc2c1. The van der Waals surface area contributed by atoms with Crippen molar-refractivity contribution in [3.8, 4) is 16.9 Å². The molecule has 2 aromatic carbocycles. The quantitative estimate of drug-likeness (QED) is 0.594. The van der Waals surface area contributed by atoms with Crippen LogP contribution in [-0.4, -0.2) is 30.4 Å². The predicted molar refractivity (Wildman–Crippen MR) is 117 cm³/mol. The van der Waals surface area contributed by atoms with Crippen LogP contribution in [-0.2, 0) is 0 Å². The Labute approximate surface area is 171 Å². The third-order valence-corrected chi connectivity index (χ3v) is 4.68. The highest BCUT2D eigenvalue weighted by Gasteiger charge is 2.19. The molecule has 0 saturated carbocycles. The molecule has 154 valence electrons. The molecule has 0 aliphatic carbocycles. The van der Waals surface area contributed by atoms with Crippen LogP contribution < -0.4 is 15.5 Å². The van der Waals surface area contributed by atoms with Crippen LogP contribution in [0.2, 0.25) is 0 Å². The Morgan fingerprint density at radius 1 is 1.07 bits per heavy atom.